The van der Waals surface area contributed by atoms with Crippen molar-refractivity contribution in [1.29, 1.82) is 0 Å². The SMILES string of the molecule is NC(N)=NC[C@H](O)c1ccccc1S. The number of rotatable bonds is 3. The van der Waals surface area contributed by atoms with E-state index in [1.165, 1.54) is 0 Å². The van der Waals surface area contributed by atoms with Gasteiger partial charge in [0.1, 0.15) is 0 Å². The van der Waals surface area contributed by atoms with E-state index in [1.54, 1.807) is 12.1 Å². The Morgan fingerprint density at radius 1 is 1.43 bits per heavy atom. The third-order valence-electron chi connectivity index (χ3n) is 1.74. The van der Waals surface area contributed by atoms with Crippen molar-refractivity contribution in [2.24, 2.45) is 16.5 Å². The number of hydrogen-bond donors (Lipinski definition) is 4. The number of hydrogen-bond acceptors (Lipinski definition) is 3. The zero-order valence-corrected chi connectivity index (χ0v) is 8.48. The quantitative estimate of drug-likeness (QED) is 0.329. The van der Waals surface area contributed by atoms with Gasteiger partial charge < -0.3 is 16.6 Å². The summed E-state index contributed by atoms with van der Waals surface area (Å²) in [6, 6.07) is 7.26. The molecular weight excluding hydrogens is 198 g/mol. The van der Waals surface area contributed by atoms with E-state index in [9.17, 15) is 5.11 Å². The highest BCUT2D eigenvalue weighted by atomic mass is 32.1. The molecule has 1 aromatic carbocycles. The van der Waals surface area contributed by atoms with Crippen molar-refractivity contribution in [3.63, 3.8) is 0 Å². The molecule has 76 valence electrons. The van der Waals surface area contributed by atoms with Gasteiger partial charge in [-0.2, -0.15) is 0 Å². The second kappa shape index (κ2) is 4.88. The van der Waals surface area contributed by atoms with Crippen LogP contribution in [-0.4, -0.2) is 17.6 Å². The average molecular weight is 211 g/mol. The molecule has 0 amide bonds. The molecule has 0 saturated heterocycles. The van der Waals surface area contributed by atoms with Crippen molar-refractivity contribution >= 4 is 18.6 Å². The molecule has 0 radical (unpaired) electrons. The largest absolute Gasteiger partial charge is 0.386 e. The Hall–Kier alpha value is -1.20. The zero-order valence-electron chi connectivity index (χ0n) is 7.59. The summed E-state index contributed by atoms with van der Waals surface area (Å²) in [5.41, 5.74) is 11.0. The monoisotopic (exact) mass is 211 g/mol. The van der Waals surface area contributed by atoms with E-state index in [0.29, 0.717) is 0 Å². The number of nitrogens with zero attached hydrogens (tertiary/aromatic N) is 1. The number of aliphatic hydroxyl groups excluding tert-OH is 1. The van der Waals surface area contributed by atoms with Crippen molar-refractivity contribution in [3.8, 4) is 0 Å². The molecule has 1 atom stereocenters. The summed E-state index contributed by atoms with van der Waals surface area (Å²) in [4.78, 5) is 4.46. The van der Waals surface area contributed by atoms with Crippen LogP contribution >= 0.6 is 12.6 Å². The summed E-state index contributed by atoms with van der Waals surface area (Å²) in [7, 11) is 0. The molecule has 0 aliphatic rings. The smallest absolute Gasteiger partial charge is 0.186 e. The van der Waals surface area contributed by atoms with Crippen LogP contribution in [0.25, 0.3) is 0 Å². The number of aliphatic hydroxyl groups is 1. The first-order valence-electron chi connectivity index (χ1n) is 4.12. The van der Waals surface area contributed by atoms with E-state index in [1.807, 2.05) is 12.1 Å². The zero-order chi connectivity index (χ0) is 10.6. The second-order valence-electron chi connectivity index (χ2n) is 2.84. The predicted octanol–water partition coefficient (Wildman–Crippen LogP) is 0.282. The summed E-state index contributed by atoms with van der Waals surface area (Å²) in [6.07, 6.45) is -0.717. The fourth-order valence-corrected chi connectivity index (χ4v) is 1.37. The molecule has 0 bridgehead atoms. The molecule has 5 N–H and O–H groups in total. The van der Waals surface area contributed by atoms with Crippen LogP contribution in [0.2, 0.25) is 0 Å². The van der Waals surface area contributed by atoms with Gasteiger partial charge in [0.2, 0.25) is 0 Å². The third kappa shape index (κ3) is 2.93. The van der Waals surface area contributed by atoms with Gasteiger partial charge in [-0.15, -0.1) is 12.6 Å². The fraction of sp³-hybridized carbons (Fsp3) is 0.222. The standard InChI is InChI=1S/C9H13N3OS/c10-9(11)12-5-7(13)6-3-1-2-4-8(6)14/h1-4,7,13-14H,5H2,(H4,10,11,12)/t7-/m0/s1. The molecule has 1 rings (SSSR count). The molecule has 4 nitrogen and oxygen atoms in total. The lowest BCUT2D eigenvalue weighted by atomic mass is 10.1. The number of benzene rings is 1. The van der Waals surface area contributed by atoms with Gasteiger partial charge >= 0.3 is 0 Å². The number of thiol groups is 1. The topological polar surface area (TPSA) is 84.6 Å². The Bertz CT molecular complexity index is 337. The molecule has 0 unspecified atom stereocenters. The lowest BCUT2D eigenvalue weighted by molar-refractivity contribution is 0.184. The summed E-state index contributed by atoms with van der Waals surface area (Å²) in [5.74, 6) is -0.0271. The van der Waals surface area contributed by atoms with Crippen molar-refractivity contribution < 1.29 is 5.11 Å². The van der Waals surface area contributed by atoms with Crippen molar-refractivity contribution in [1.82, 2.24) is 0 Å². The van der Waals surface area contributed by atoms with E-state index < -0.39 is 6.10 Å². The summed E-state index contributed by atoms with van der Waals surface area (Å²) < 4.78 is 0. The summed E-state index contributed by atoms with van der Waals surface area (Å²) >= 11 is 4.21. The highest BCUT2D eigenvalue weighted by molar-refractivity contribution is 7.80. The molecule has 0 spiro atoms. The lowest BCUT2D eigenvalue weighted by Crippen LogP contribution is -2.23. The van der Waals surface area contributed by atoms with Crippen LogP contribution in [-0.2, 0) is 0 Å². The van der Waals surface area contributed by atoms with Crippen LogP contribution in [0.3, 0.4) is 0 Å². The minimum atomic E-state index is -0.717. The molecule has 0 saturated carbocycles. The molecular formula is C9H13N3OS. The number of aliphatic imine (C=N–C) groups is 1. The molecule has 0 aromatic heterocycles. The van der Waals surface area contributed by atoms with E-state index in [0.717, 1.165) is 10.5 Å². The van der Waals surface area contributed by atoms with E-state index in [4.69, 9.17) is 11.5 Å². The first-order chi connectivity index (χ1) is 6.61. The van der Waals surface area contributed by atoms with Gasteiger partial charge in [-0.3, -0.25) is 4.99 Å². The normalized spacial score (nSPS) is 12.1. The maximum atomic E-state index is 9.68. The second-order valence-corrected chi connectivity index (χ2v) is 3.32. The first-order valence-corrected chi connectivity index (χ1v) is 4.57. The van der Waals surface area contributed by atoms with Crippen LogP contribution in [0.5, 0.6) is 0 Å². The van der Waals surface area contributed by atoms with Gasteiger partial charge in [-0.05, 0) is 11.6 Å². The highest BCUT2D eigenvalue weighted by Gasteiger charge is 2.08. The van der Waals surface area contributed by atoms with Gasteiger partial charge in [0.25, 0.3) is 0 Å². The van der Waals surface area contributed by atoms with Crippen molar-refractivity contribution in [2.75, 3.05) is 6.54 Å². The highest BCUT2D eigenvalue weighted by Crippen LogP contribution is 2.20. The molecule has 0 fully saturated rings. The molecule has 0 heterocycles. The number of nitrogens with two attached hydrogens (primary N) is 2. The molecule has 0 aliphatic carbocycles. The van der Waals surface area contributed by atoms with Crippen LogP contribution in [0.15, 0.2) is 34.2 Å². The Morgan fingerprint density at radius 2 is 2.07 bits per heavy atom. The van der Waals surface area contributed by atoms with Crippen molar-refractivity contribution in [2.45, 2.75) is 11.0 Å². The summed E-state index contributed by atoms with van der Waals surface area (Å²) in [6.45, 7) is 0.153. The minimum absolute atomic E-state index is 0.0271. The van der Waals surface area contributed by atoms with Gasteiger partial charge in [-0.25, -0.2) is 0 Å². The molecule has 0 aliphatic heterocycles. The Labute approximate surface area is 88.1 Å². The Balaban J connectivity index is 2.74. The van der Waals surface area contributed by atoms with Crippen LogP contribution in [0.1, 0.15) is 11.7 Å². The fourth-order valence-electron chi connectivity index (χ4n) is 1.06. The van der Waals surface area contributed by atoms with Gasteiger partial charge in [0.05, 0.1) is 12.6 Å². The Kier molecular flexibility index (Phi) is 3.79. The van der Waals surface area contributed by atoms with E-state index >= 15 is 0 Å². The maximum Gasteiger partial charge on any atom is 0.186 e. The first kappa shape index (κ1) is 10.9. The Morgan fingerprint density at radius 3 is 2.64 bits per heavy atom. The minimum Gasteiger partial charge on any atom is -0.386 e. The van der Waals surface area contributed by atoms with Crippen LogP contribution in [0, 0.1) is 0 Å². The predicted molar refractivity (Wildman–Crippen MR) is 59.3 cm³/mol. The lowest BCUT2D eigenvalue weighted by Gasteiger charge is -2.10. The van der Waals surface area contributed by atoms with E-state index in [2.05, 4.69) is 17.6 Å². The van der Waals surface area contributed by atoms with Gasteiger partial charge in [0, 0.05) is 4.90 Å². The number of guanidine groups is 1. The third-order valence-corrected chi connectivity index (χ3v) is 2.15. The average Bonchev–Trinajstić information content (AvgIpc) is 2.15. The summed E-state index contributed by atoms with van der Waals surface area (Å²) in [5, 5.41) is 9.68. The van der Waals surface area contributed by atoms with Gasteiger partial charge in [0.15, 0.2) is 5.96 Å². The maximum absolute atomic E-state index is 9.68. The molecule has 14 heavy (non-hydrogen) atoms. The van der Waals surface area contributed by atoms with Crippen molar-refractivity contribution in [3.05, 3.63) is 29.8 Å². The van der Waals surface area contributed by atoms with Gasteiger partial charge in [-0.1, -0.05) is 18.2 Å². The molecule has 1 aromatic rings. The van der Waals surface area contributed by atoms with Crippen LogP contribution in [0.4, 0.5) is 0 Å². The molecule has 5 heteroatoms. The van der Waals surface area contributed by atoms with Crippen LogP contribution < -0.4 is 11.5 Å². The van der Waals surface area contributed by atoms with E-state index in [-0.39, 0.29) is 12.5 Å².